The molecule has 1 aromatic heterocycles. The van der Waals surface area contributed by atoms with Crippen LogP contribution in [0.15, 0.2) is 12.3 Å². The summed E-state index contributed by atoms with van der Waals surface area (Å²) in [6.45, 7) is 5.08. The summed E-state index contributed by atoms with van der Waals surface area (Å²) in [4.78, 5) is 18.4. The standard InChI is InChI=1S/C14H21ClN4O/c1-10(9-19-5-3-2-4-6-19)18-14(20)12-7-11(16)8-17-13(12)15/h7-8,10H,2-6,9,16H2,1H3,(H,18,20). The van der Waals surface area contributed by atoms with E-state index in [1.54, 1.807) is 6.07 Å². The smallest absolute Gasteiger partial charge is 0.254 e. The number of nitrogens with one attached hydrogen (secondary N) is 1. The van der Waals surface area contributed by atoms with E-state index in [1.807, 2.05) is 6.92 Å². The largest absolute Gasteiger partial charge is 0.397 e. The molecule has 1 aliphatic heterocycles. The minimum atomic E-state index is -0.223. The average molecular weight is 297 g/mol. The van der Waals surface area contributed by atoms with Gasteiger partial charge in [0.1, 0.15) is 5.15 Å². The number of carbonyl (C=O) groups is 1. The van der Waals surface area contributed by atoms with Gasteiger partial charge < -0.3 is 16.0 Å². The Balaban J connectivity index is 1.91. The van der Waals surface area contributed by atoms with Crippen LogP contribution < -0.4 is 11.1 Å². The highest BCUT2D eigenvalue weighted by atomic mass is 35.5. The highest BCUT2D eigenvalue weighted by Gasteiger charge is 2.17. The molecule has 0 bridgehead atoms. The van der Waals surface area contributed by atoms with Gasteiger partial charge in [-0.2, -0.15) is 0 Å². The van der Waals surface area contributed by atoms with Gasteiger partial charge in [0.2, 0.25) is 0 Å². The van der Waals surface area contributed by atoms with E-state index in [0.29, 0.717) is 11.3 Å². The Morgan fingerprint density at radius 2 is 2.20 bits per heavy atom. The number of halogens is 1. The lowest BCUT2D eigenvalue weighted by Crippen LogP contribution is -2.43. The summed E-state index contributed by atoms with van der Waals surface area (Å²) in [5.41, 5.74) is 6.40. The first-order chi connectivity index (χ1) is 9.56. The summed E-state index contributed by atoms with van der Waals surface area (Å²) in [6, 6.07) is 1.62. The van der Waals surface area contributed by atoms with Crippen molar-refractivity contribution in [1.82, 2.24) is 15.2 Å². The minimum Gasteiger partial charge on any atom is -0.397 e. The van der Waals surface area contributed by atoms with Gasteiger partial charge in [0.05, 0.1) is 17.4 Å². The number of rotatable bonds is 4. The minimum absolute atomic E-state index is 0.0677. The lowest BCUT2D eigenvalue weighted by molar-refractivity contribution is 0.0925. The summed E-state index contributed by atoms with van der Waals surface area (Å²) in [5.74, 6) is -0.223. The van der Waals surface area contributed by atoms with Crippen LogP contribution in [0.1, 0.15) is 36.5 Å². The second-order valence-corrected chi connectivity index (χ2v) is 5.70. The van der Waals surface area contributed by atoms with Gasteiger partial charge in [-0.1, -0.05) is 18.0 Å². The third-order valence-corrected chi connectivity index (χ3v) is 3.76. The molecular formula is C14H21ClN4O. The number of nitrogens with zero attached hydrogens (tertiary/aromatic N) is 2. The fourth-order valence-electron chi connectivity index (χ4n) is 2.50. The van der Waals surface area contributed by atoms with Crippen LogP contribution in [0.2, 0.25) is 5.15 Å². The molecule has 0 spiro atoms. The maximum atomic E-state index is 12.2. The number of nitrogen functional groups attached to an aromatic ring is 1. The molecule has 2 heterocycles. The number of amides is 1. The number of carbonyl (C=O) groups excluding carboxylic acids is 1. The van der Waals surface area contributed by atoms with E-state index in [2.05, 4.69) is 15.2 Å². The molecule has 1 fully saturated rings. The maximum Gasteiger partial charge on any atom is 0.254 e. The van der Waals surface area contributed by atoms with Crippen LogP contribution in [0.3, 0.4) is 0 Å². The SMILES string of the molecule is CC(CN1CCCCC1)NC(=O)c1cc(N)cnc1Cl. The Bertz CT molecular complexity index is 474. The number of nitrogens with two attached hydrogens (primary N) is 1. The van der Waals surface area contributed by atoms with Gasteiger partial charge in [-0.3, -0.25) is 4.79 Å². The van der Waals surface area contributed by atoms with E-state index < -0.39 is 0 Å². The number of hydrogen-bond acceptors (Lipinski definition) is 4. The molecule has 6 heteroatoms. The first-order valence-electron chi connectivity index (χ1n) is 7.00. The van der Waals surface area contributed by atoms with E-state index in [1.165, 1.54) is 25.5 Å². The predicted molar refractivity (Wildman–Crippen MR) is 80.9 cm³/mol. The topological polar surface area (TPSA) is 71.2 Å². The molecule has 3 N–H and O–H groups in total. The van der Waals surface area contributed by atoms with Crippen LogP contribution in [-0.4, -0.2) is 41.5 Å². The van der Waals surface area contributed by atoms with Crippen LogP contribution >= 0.6 is 11.6 Å². The monoisotopic (exact) mass is 296 g/mol. The van der Waals surface area contributed by atoms with Crippen LogP contribution in [0, 0.1) is 0 Å². The van der Waals surface area contributed by atoms with E-state index in [4.69, 9.17) is 17.3 Å². The van der Waals surface area contributed by atoms with Crippen molar-refractivity contribution in [3.63, 3.8) is 0 Å². The van der Waals surface area contributed by atoms with Gasteiger partial charge in [0, 0.05) is 12.6 Å². The van der Waals surface area contributed by atoms with E-state index in [-0.39, 0.29) is 17.1 Å². The van der Waals surface area contributed by atoms with E-state index in [0.717, 1.165) is 19.6 Å². The molecule has 1 aromatic rings. The van der Waals surface area contributed by atoms with E-state index in [9.17, 15) is 4.79 Å². The summed E-state index contributed by atoms with van der Waals surface area (Å²) in [7, 11) is 0. The number of pyridine rings is 1. The molecule has 5 nitrogen and oxygen atoms in total. The molecule has 0 aromatic carbocycles. The van der Waals surface area contributed by atoms with Gasteiger partial charge in [0.15, 0.2) is 0 Å². The molecule has 0 aliphatic carbocycles. The zero-order valence-corrected chi connectivity index (χ0v) is 12.5. The van der Waals surface area contributed by atoms with Crippen LogP contribution in [0.25, 0.3) is 0 Å². The van der Waals surface area contributed by atoms with Crippen LogP contribution in [0.4, 0.5) is 5.69 Å². The van der Waals surface area contributed by atoms with Crippen molar-refractivity contribution < 1.29 is 4.79 Å². The Hall–Kier alpha value is -1.33. The molecule has 1 unspecified atom stereocenters. The fourth-order valence-corrected chi connectivity index (χ4v) is 2.69. The summed E-state index contributed by atoms with van der Waals surface area (Å²) in [6.07, 6.45) is 5.23. The van der Waals surface area contributed by atoms with Crippen molar-refractivity contribution in [3.8, 4) is 0 Å². The van der Waals surface area contributed by atoms with Crippen molar-refractivity contribution in [2.45, 2.75) is 32.2 Å². The predicted octanol–water partition coefficient (Wildman–Crippen LogP) is 1.92. The molecule has 1 aliphatic rings. The first-order valence-corrected chi connectivity index (χ1v) is 7.38. The Labute approximate surface area is 124 Å². The number of likely N-dealkylation sites (tertiary alicyclic amines) is 1. The average Bonchev–Trinajstić information content (AvgIpc) is 2.42. The quantitative estimate of drug-likeness (QED) is 0.833. The normalized spacial score (nSPS) is 17.7. The highest BCUT2D eigenvalue weighted by Crippen LogP contribution is 2.15. The molecule has 110 valence electrons. The summed E-state index contributed by atoms with van der Waals surface area (Å²) < 4.78 is 0. The van der Waals surface area contributed by atoms with Crippen molar-refractivity contribution in [3.05, 3.63) is 23.0 Å². The summed E-state index contributed by atoms with van der Waals surface area (Å²) >= 11 is 5.93. The van der Waals surface area contributed by atoms with Gasteiger partial charge in [-0.25, -0.2) is 4.98 Å². The maximum absolute atomic E-state index is 12.2. The van der Waals surface area contributed by atoms with Gasteiger partial charge in [-0.15, -0.1) is 0 Å². The molecule has 2 rings (SSSR count). The molecule has 1 atom stereocenters. The van der Waals surface area contributed by atoms with Crippen molar-refractivity contribution in [2.24, 2.45) is 0 Å². The lowest BCUT2D eigenvalue weighted by Gasteiger charge is -2.29. The lowest BCUT2D eigenvalue weighted by atomic mass is 10.1. The number of hydrogen-bond donors (Lipinski definition) is 2. The highest BCUT2D eigenvalue weighted by molar-refractivity contribution is 6.32. The Morgan fingerprint density at radius 1 is 1.50 bits per heavy atom. The number of aromatic nitrogens is 1. The fraction of sp³-hybridized carbons (Fsp3) is 0.571. The van der Waals surface area contributed by atoms with E-state index >= 15 is 0 Å². The summed E-state index contributed by atoms with van der Waals surface area (Å²) in [5, 5.41) is 3.13. The number of anilines is 1. The second kappa shape index (κ2) is 6.90. The zero-order chi connectivity index (χ0) is 14.5. The third-order valence-electron chi connectivity index (χ3n) is 3.46. The zero-order valence-electron chi connectivity index (χ0n) is 11.7. The Kier molecular flexibility index (Phi) is 5.20. The molecule has 0 radical (unpaired) electrons. The molecule has 0 saturated carbocycles. The number of piperidine rings is 1. The second-order valence-electron chi connectivity index (χ2n) is 5.34. The first kappa shape index (κ1) is 15.1. The Morgan fingerprint density at radius 3 is 2.90 bits per heavy atom. The van der Waals surface area contributed by atoms with Crippen LogP contribution in [0.5, 0.6) is 0 Å². The van der Waals surface area contributed by atoms with Crippen molar-refractivity contribution in [2.75, 3.05) is 25.4 Å². The van der Waals surface area contributed by atoms with Gasteiger partial charge >= 0.3 is 0 Å². The van der Waals surface area contributed by atoms with Gasteiger partial charge in [0.25, 0.3) is 5.91 Å². The van der Waals surface area contributed by atoms with Crippen molar-refractivity contribution >= 4 is 23.2 Å². The molecule has 1 saturated heterocycles. The van der Waals surface area contributed by atoms with Crippen LogP contribution in [-0.2, 0) is 0 Å². The molecular weight excluding hydrogens is 276 g/mol. The molecule has 20 heavy (non-hydrogen) atoms. The van der Waals surface area contributed by atoms with Gasteiger partial charge in [-0.05, 0) is 38.9 Å². The van der Waals surface area contributed by atoms with Crippen molar-refractivity contribution in [1.29, 1.82) is 0 Å². The third kappa shape index (κ3) is 4.08. The molecule has 1 amide bonds.